The third-order valence-corrected chi connectivity index (χ3v) is 3.22. The molecule has 2 N–H and O–H groups in total. The average molecular weight is 235 g/mol. The Balaban J connectivity index is 3.00. The van der Waals surface area contributed by atoms with E-state index >= 15 is 0 Å². The highest BCUT2D eigenvalue weighted by molar-refractivity contribution is 5.99. The fourth-order valence-corrected chi connectivity index (χ4v) is 1.79. The molecule has 1 amide bonds. The smallest absolute Gasteiger partial charge is 0.247 e. The molecule has 4 heteroatoms. The van der Waals surface area contributed by atoms with Gasteiger partial charge in [0, 0.05) is 24.6 Å². The van der Waals surface area contributed by atoms with Gasteiger partial charge >= 0.3 is 0 Å². The number of nitrogens with zero attached hydrogens (tertiary/aromatic N) is 2. The number of carbonyl (C=O) groups is 1. The number of amides is 1. The minimum absolute atomic E-state index is 0.0174. The fraction of sp³-hybridized carbons (Fsp3) is 0.538. The van der Waals surface area contributed by atoms with Crippen molar-refractivity contribution in [3.8, 4) is 0 Å². The fourth-order valence-electron chi connectivity index (χ4n) is 1.79. The molecular weight excluding hydrogens is 214 g/mol. The van der Waals surface area contributed by atoms with Gasteiger partial charge in [-0.1, -0.05) is 13.8 Å². The molecule has 1 aromatic rings. The van der Waals surface area contributed by atoms with Gasteiger partial charge in [0.05, 0.1) is 5.54 Å². The highest BCUT2D eigenvalue weighted by atomic mass is 16.2. The van der Waals surface area contributed by atoms with Gasteiger partial charge in [0.1, 0.15) is 0 Å². The van der Waals surface area contributed by atoms with Crippen molar-refractivity contribution in [2.75, 3.05) is 11.4 Å². The number of hydrogen-bond donors (Lipinski definition) is 1. The van der Waals surface area contributed by atoms with Crippen LogP contribution in [0.2, 0.25) is 0 Å². The molecule has 17 heavy (non-hydrogen) atoms. The highest BCUT2D eigenvalue weighted by Gasteiger charge is 2.33. The first-order valence-corrected chi connectivity index (χ1v) is 6.10. The van der Waals surface area contributed by atoms with E-state index in [0.717, 1.165) is 5.69 Å². The van der Waals surface area contributed by atoms with Gasteiger partial charge in [0.25, 0.3) is 0 Å². The number of aromatic nitrogens is 1. The minimum atomic E-state index is -0.765. The molecule has 0 fully saturated rings. The molecule has 0 unspecified atom stereocenters. The van der Waals surface area contributed by atoms with E-state index in [1.165, 1.54) is 0 Å². The highest BCUT2D eigenvalue weighted by Crippen LogP contribution is 2.20. The second kappa shape index (κ2) is 5.77. The summed E-state index contributed by atoms with van der Waals surface area (Å²) in [4.78, 5) is 18.1. The summed E-state index contributed by atoms with van der Waals surface area (Å²) in [5, 5.41) is 0. The van der Waals surface area contributed by atoms with E-state index in [9.17, 15) is 4.79 Å². The van der Waals surface area contributed by atoms with Gasteiger partial charge < -0.3 is 10.6 Å². The largest absolute Gasteiger partial charge is 0.317 e. The summed E-state index contributed by atoms with van der Waals surface area (Å²) in [5.41, 5.74) is 6.23. The Kier molecular flexibility index (Phi) is 4.63. The zero-order valence-corrected chi connectivity index (χ0v) is 10.8. The van der Waals surface area contributed by atoms with E-state index in [1.807, 2.05) is 32.9 Å². The van der Waals surface area contributed by atoms with Crippen LogP contribution < -0.4 is 10.6 Å². The van der Waals surface area contributed by atoms with Crippen LogP contribution in [0.15, 0.2) is 24.5 Å². The zero-order chi connectivity index (χ0) is 12.9. The van der Waals surface area contributed by atoms with E-state index in [0.29, 0.717) is 19.4 Å². The van der Waals surface area contributed by atoms with E-state index in [2.05, 4.69) is 4.98 Å². The van der Waals surface area contributed by atoms with Crippen molar-refractivity contribution in [3.05, 3.63) is 24.5 Å². The molecule has 0 aliphatic heterocycles. The van der Waals surface area contributed by atoms with Gasteiger partial charge in [-0.3, -0.25) is 9.78 Å². The number of nitrogens with two attached hydrogens (primary N) is 1. The molecule has 0 radical (unpaired) electrons. The Morgan fingerprint density at radius 1 is 1.29 bits per heavy atom. The molecule has 1 rings (SSSR count). The summed E-state index contributed by atoms with van der Waals surface area (Å²) in [6.45, 7) is 6.45. The summed E-state index contributed by atoms with van der Waals surface area (Å²) in [6, 6.07) is 3.65. The van der Waals surface area contributed by atoms with E-state index < -0.39 is 5.54 Å². The van der Waals surface area contributed by atoms with Crippen LogP contribution in [0, 0.1) is 0 Å². The standard InChI is InChI=1S/C13H21N3O/c1-4-13(14,5-2)12(17)16(6-3)11-7-9-15-10-8-11/h7-10H,4-6,14H2,1-3H3. The zero-order valence-electron chi connectivity index (χ0n) is 10.8. The van der Waals surface area contributed by atoms with Gasteiger partial charge in [-0.25, -0.2) is 0 Å². The van der Waals surface area contributed by atoms with Crippen molar-refractivity contribution >= 4 is 11.6 Å². The summed E-state index contributed by atoms with van der Waals surface area (Å²) in [7, 11) is 0. The van der Waals surface area contributed by atoms with Gasteiger partial charge in [0.2, 0.25) is 5.91 Å². The number of likely N-dealkylation sites (N-methyl/N-ethyl adjacent to an activating group) is 1. The van der Waals surface area contributed by atoms with Crippen molar-refractivity contribution in [2.45, 2.75) is 39.2 Å². The van der Waals surface area contributed by atoms with Crippen LogP contribution in [0.1, 0.15) is 33.6 Å². The minimum Gasteiger partial charge on any atom is -0.317 e. The van der Waals surface area contributed by atoms with Crippen LogP contribution in [-0.4, -0.2) is 23.0 Å². The Labute approximate surface area is 103 Å². The Morgan fingerprint density at radius 2 is 1.82 bits per heavy atom. The Morgan fingerprint density at radius 3 is 2.24 bits per heavy atom. The van der Waals surface area contributed by atoms with Crippen LogP contribution in [0.4, 0.5) is 5.69 Å². The molecule has 0 bridgehead atoms. The SMILES string of the molecule is CCN(C(=O)C(N)(CC)CC)c1ccncc1. The monoisotopic (exact) mass is 235 g/mol. The van der Waals surface area contributed by atoms with Crippen molar-refractivity contribution in [1.82, 2.24) is 4.98 Å². The molecule has 0 aromatic carbocycles. The molecule has 0 aliphatic carbocycles. The number of hydrogen-bond acceptors (Lipinski definition) is 3. The maximum absolute atomic E-state index is 12.4. The third-order valence-electron chi connectivity index (χ3n) is 3.22. The lowest BCUT2D eigenvalue weighted by atomic mass is 9.92. The molecule has 0 aliphatic rings. The third kappa shape index (κ3) is 2.82. The lowest BCUT2D eigenvalue weighted by molar-refractivity contribution is -0.123. The van der Waals surface area contributed by atoms with Crippen LogP contribution >= 0.6 is 0 Å². The normalized spacial score (nSPS) is 11.3. The predicted molar refractivity (Wildman–Crippen MR) is 69.8 cm³/mol. The van der Waals surface area contributed by atoms with Gasteiger partial charge in [-0.15, -0.1) is 0 Å². The quantitative estimate of drug-likeness (QED) is 0.848. The van der Waals surface area contributed by atoms with Crippen molar-refractivity contribution in [1.29, 1.82) is 0 Å². The lowest BCUT2D eigenvalue weighted by Crippen LogP contribution is -2.54. The average Bonchev–Trinajstić information content (AvgIpc) is 2.39. The topological polar surface area (TPSA) is 59.2 Å². The molecule has 94 valence electrons. The summed E-state index contributed by atoms with van der Waals surface area (Å²) < 4.78 is 0. The first-order valence-electron chi connectivity index (χ1n) is 6.10. The van der Waals surface area contributed by atoms with Gasteiger partial charge in [-0.2, -0.15) is 0 Å². The first kappa shape index (κ1) is 13.6. The van der Waals surface area contributed by atoms with Crippen LogP contribution in [-0.2, 0) is 4.79 Å². The van der Waals surface area contributed by atoms with Gasteiger partial charge in [-0.05, 0) is 31.9 Å². The van der Waals surface area contributed by atoms with E-state index in [4.69, 9.17) is 5.73 Å². The van der Waals surface area contributed by atoms with Crippen LogP contribution in [0.25, 0.3) is 0 Å². The molecule has 4 nitrogen and oxygen atoms in total. The number of carbonyl (C=O) groups excluding carboxylic acids is 1. The first-order chi connectivity index (χ1) is 8.09. The molecule has 1 heterocycles. The predicted octanol–water partition coefficient (Wildman–Crippen LogP) is 1.95. The maximum Gasteiger partial charge on any atom is 0.247 e. The second-order valence-electron chi connectivity index (χ2n) is 4.12. The maximum atomic E-state index is 12.4. The van der Waals surface area contributed by atoms with Crippen molar-refractivity contribution in [3.63, 3.8) is 0 Å². The van der Waals surface area contributed by atoms with E-state index in [-0.39, 0.29) is 5.91 Å². The Hall–Kier alpha value is -1.42. The second-order valence-corrected chi connectivity index (χ2v) is 4.12. The van der Waals surface area contributed by atoms with Crippen LogP contribution in [0.5, 0.6) is 0 Å². The molecule has 0 atom stereocenters. The van der Waals surface area contributed by atoms with Crippen molar-refractivity contribution in [2.24, 2.45) is 5.73 Å². The molecule has 0 spiro atoms. The van der Waals surface area contributed by atoms with Crippen LogP contribution in [0.3, 0.4) is 0 Å². The lowest BCUT2D eigenvalue weighted by Gasteiger charge is -2.32. The number of rotatable bonds is 5. The molecular formula is C13H21N3O. The summed E-state index contributed by atoms with van der Waals surface area (Å²) in [6.07, 6.45) is 4.65. The summed E-state index contributed by atoms with van der Waals surface area (Å²) >= 11 is 0. The van der Waals surface area contributed by atoms with E-state index in [1.54, 1.807) is 17.3 Å². The Bertz CT molecular complexity index is 360. The molecule has 0 saturated heterocycles. The number of anilines is 1. The van der Waals surface area contributed by atoms with Crippen molar-refractivity contribution < 1.29 is 4.79 Å². The van der Waals surface area contributed by atoms with Gasteiger partial charge in [0.15, 0.2) is 0 Å². The molecule has 0 saturated carbocycles. The molecule has 1 aromatic heterocycles. The number of pyridine rings is 1. The summed E-state index contributed by atoms with van der Waals surface area (Å²) in [5.74, 6) is -0.0174.